The number of alkyl halides is 3. The van der Waals surface area contributed by atoms with Crippen LogP contribution >= 0.6 is 0 Å². The van der Waals surface area contributed by atoms with Crippen molar-refractivity contribution < 1.29 is 32.3 Å². The molecule has 0 bridgehead atoms. The summed E-state index contributed by atoms with van der Waals surface area (Å²) in [5.74, 6) is -0.473. The second-order valence-electron chi connectivity index (χ2n) is 11.7. The van der Waals surface area contributed by atoms with Crippen LogP contribution in [-0.4, -0.2) is 68.3 Å². The highest BCUT2D eigenvalue weighted by molar-refractivity contribution is 5.79. The molecule has 12 nitrogen and oxygen atoms in total. The maximum absolute atomic E-state index is 12.2. The zero-order valence-corrected chi connectivity index (χ0v) is 24.1. The Balaban J connectivity index is 0.000000190. The van der Waals surface area contributed by atoms with Crippen LogP contribution in [0.5, 0.6) is 0 Å². The normalized spacial score (nSPS) is 22.2. The summed E-state index contributed by atoms with van der Waals surface area (Å²) >= 11 is 0. The lowest BCUT2D eigenvalue weighted by molar-refractivity contribution is -0.169. The molecule has 2 aromatic heterocycles. The Morgan fingerprint density at radius 2 is 1.83 bits per heavy atom. The van der Waals surface area contributed by atoms with Crippen LogP contribution in [0.15, 0.2) is 23.4 Å². The van der Waals surface area contributed by atoms with Crippen LogP contribution in [0.2, 0.25) is 0 Å². The number of aryl methyl sites for hydroxylation is 1. The summed E-state index contributed by atoms with van der Waals surface area (Å²) in [6, 6.07) is 1.03. The molecule has 0 radical (unpaired) electrons. The number of nitrogens with zero attached hydrogens (tertiary/aromatic N) is 5. The zero-order valence-electron chi connectivity index (χ0n) is 24.1. The summed E-state index contributed by atoms with van der Waals surface area (Å²) in [6.45, 7) is 10.8. The van der Waals surface area contributed by atoms with Crippen LogP contribution in [-0.2, 0) is 26.2 Å². The number of piperidine rings is 1. The summed E-state index contributed by atoms with van der Waals surface area (Å²) in [5, 5.41) is 15.2. The van der Waals surface area contributed by atoms with Crippen molar-refractivity contribution in [1.29, 1.82) is 5.26 Å². The van der Waals surface area contributed by atoms with Crippen LogP contribution in [0.25, 0.3) is 5.52 Å². The van der Waals surface area contributed by atoms with Gasteiger partial charge in [-0.1, -0.05) is 13.8 Å². The molecule has 4 atom stereocenters. The highest BCUT2D eigenvalue weighted by atomic mass is 19.4. The molecule has 3 heterocycles. The number of nitriles is 1. The Morgan fingerprint density at radius 1 is 1.26 bits per heavy atom. The Bertz CT molecular complexity index is 1410. The molecular formula is C27H36F3N7O5. The first-order valence-electron chi connectivity index (χ1n) is 13.4. The molecule has 2 unspecified atom stereocenters. The number of nitrogens with two attached hydrogens (primary N) is 1. The van der Waals surface area contributed by atoms with E-state index in [1.807, 2.05) is 13.0 Å². The lowest BCUT2D eigenvalue weighted by Crippen LogP contribution is -2.35. The van der Waals surface area contributed by atoms with Crippen molar-refractivity contribution in [2.45, 2.75) is 70.9 Å². The largest absolute Gasteiger partial charge is 0.470 e. The quantitative estimate of drug-likeness (QED) is 0.461. The third-order valence-corrected chi connectivity index (χ3v) is 8.11. The Morgan fingerprint density at radius 3 is 2.31 bits per heavy atom. The van der Waals surface area contributed by atoms with Crippen molar-refractivity contribution in [3.8, 4) is 6.07 Å². The molecule has 0 spiro atoms. The minimum absolute atomic E-state index is 0.0648. The van der Waals surface area contributed by atoms with Crippen LogP contribution < -0.4 is 16.6 Å². The molecule has 2 aromatic rings. The summed E-state index contributed by atoms with van der Waals surface area (Å²) < 4.78 is 40.8. The van der Waals surface area contributed by atoms with Crippen LogP contribution in [0.4, 0.5) is 13.2 Å². The van der Waals surface area contributed by atoms with E-state index in [-0.39, 0.29) is 28.7 Å². The number of fused-ring (bicyclic) bond motifs is 2. The van der Waals surface area contributed by atoms with E-state index in [4.69, 9.17) is 14.8 Å². The predicted octanol–water partition coefficient (Wildman–Crippen LogP) is 1.83. The minimum atomic E-state index is -4.86. The molecule has 3 fully saturated rings. The molecule has 2 saturated carbocycles. The van der Waals surface area contributed by atoms with Gasteiger partial charge in [0.25, 0.3) is 5.56 Å². The average Bonchev–Trinajstić information content (AvgIpc) is 3.50. The fourth-order valence-electron chi connectivity index (χ4n) is 5.12. The van der Waals surface area contributed by atoms with Gasteiger partial charge >= 0.3 is 12.1 Å². The van der Waals surface area contributed by atoms with E-state index in [1.54, 1.807) is 19.4 Å². The van der Waals surface area contributed by atoms with Crippen molar-refractivity contribution in [1.82, 2.24) is 24.4 Å². The summed E-state index contributed by atoms with van der Waals surface area (Å²) in [7, 11) is 1.60. The van der Waals surface area contributed by atoms with Crippen LogP contribution in [0.1, 0.15) is 58.6 Å². The van der Waals surface area contributed by atoms with Gasteiger partial charge in [0.05, 0.1) is 30.4 Å². The molecule has 230 valence electrons. The SMILES string of the molecule is C[C@H](CC(=O)N1CC2[C@@H](C1)C2(C)C)OC1(C)CC1.Cn1ccn2ncc(C(C#N)NC=O)c2c1=O.NC(=O)C(F)(F)F. The van der Waals surface area contributed by atoms with E-state index in [0.717, 1.165) is 37.8 Å². The molecule has 0 aromatic carbocycles. The molecule has 15 heteroatoms. The zero-order chi connectivity index (χ0) is 31.6. The van der Waals surface area contributed by atoms with Crippen LogP contribution in [0.3, 0.4) is 0 Å². The van der Waals surface area contributed by atoms with E-state index in [9.17, 15) is 27.6 Å². The van der Waals surface area contributed by atoms with Crippen molar-refractivity contribution in [3.63, 3.8) is 0 Å². The highest BCUT2D eigenvalue weighted by Crippen LogP contribution is 2.62. The number of aromatic nitrogens is 3. The average molecular weight is 596 g/mol. The smallest absolute Gasteiger partial charge is 0.372 e. The van der Waals surface area contributed by atoms with Gasteiger partial charge < -0.3 is 25.3 Å². The van der Waals surface area contributed by atoms with Gasteiger partial charge in [-0.25, -0.2) is 4.52 Å². The predicted molar refractivity (Wildman–Crippen MR) is 143 cm³/mol. The summed E-state index contributed by atoms with van der Waals surface area (Å²) in [6.07, 6.45) is 3.05. The molecule has 5 rings (SSSR count). The van der Waals surface area contributed by atoms with E-state index in [0.29, 0.717) is 23.8 Å². The van der Waals surface area contributed by atoms with Crippen molar-refractivity contribution in [2.24, 2.45) is 30.0 Å². The van der Waals surface area contributed by atoms with Gasteiger partial charge in [0.1, 0.15) is 11.6 Å². The fraction of sp³-hybridized carbons (Fsp3) is 0.630. The number of carbonyl (C=O) groups excluding carboxylic acids is 3. The number of amides is 3. The maximum Gasteiger partial charge on any atom is 0.470 e. The van der Waals surface area contributed by atoms with Gasteiger partial charge in [-0.05, 0) is 43.9 Å². The number of primary amides is 1. The van der Waals surface area contributed by atoms with Gasteiger partial charge in [-0.15, -0.1) is 0 Å². The number of rotatable bonds is 7. The molecule has 1 aliphatic heterocycles. The molecule has 2 aliphatic carbocycles. The van der Waals surface area contributed by atoms with E-state index >= 15 is 0 Å². The first-order valence-corrected chi connectivity index (χ1v) is 13.4. The number of carbonyl (C=O) groups is 3. The first kappa shape index (κ1) is 32.6. The van der Waals surface area contributed by atoms with Gasteiger partial charge in [0.15, 0.2) is 0 Å². The molecular weight excluding hydrogens is 559 g/mol. The number of hydrogen-bond donors (Lipinski definition) is 2. The van der Waals surface area contributed by atoms with Gasteiger partial charge in [0.2, 0.25) is 12.3 Å². The third kappa shape index (κ3) is 7.47. The first-order chi connectivity index (χ1) is 19.4. The number of nitrogens with one attached hydrogen (secondary N) is 1. The van der Waals surface area contributed by atoms with Crippen LogP contribution in [0, 0.1) is 28.6 Å². The van der Waals surface area contributed by atoms with Crippen molar-refractivity contribution >= 4 is 23.7 Å². The standard InChI is InChI=1S/C15H25NO2.C10H9N5O2.C2H2F3NO/c1-10(18-15(4)5-6-15)7-13(17)16-8-11-12(9-16)14(11,2)3;1-14-2-3-15-9(10(14)17)7(5-13-15)8(4-11)12-6-16;3-2(4,5)1(6)7/h10-12H,5-9H2,1-4H3;2-3,5-6,8H,1H3,(H,12,16);(H2,6,7)/t10-,11-,12?;;/m1../s1. The van der Waals surface area contributed by atoms with Gasteiger partial charge in [-0.3, -0.25) is 19.2 Å². The molecule has 42 heavy (non-hydrogen) atoms. The van der Waals surface area contributed by atoms with Gasteiger partial charge in [-0.2, -0.15) is 23.5 Å². The Hall–Kier alpha value is -3.93. The Labute approximate surface area is 240 Å². The highest BCUT2D eigenvalue weighted by Gasteiger charge is 2.62. The minimum Gasteiger partial charge on any atom is -0.372 e. The lowest BCUT2D eigenvalue weighted by atomic mass is 10.1. The monoisotopic (exact) mass is 595 g/mol. The fourth-order valence-corrected chi connectivity index (χ4v) is 5.12. The number of hydrogen-bond acceptors (Lipinski definition) is 7. The van der Waals surface area contributed by atoms with E-state index in [2.05, 4.69) is 41.8 Å². The molecule has 3 N–H and O–H groups in total. The Kier molecular flexibility index (Phi) is 9.41. The lowest BCUT2D eigenvalue weighted by Gasteiger charge is -2.25. The van der Waals surface area contributed by atoms with Gasteiger partial charge in [0, 0.05) is 38.1 Å². The molecule has 1 saturated heterocycles. The van der Waals surface area contributed by atoms with Crippen molar-refractivity contribution in [3.05, 3.63) is 34.5 Å². The number of likely N-dealkylation sites (tertiary alicyclic amines) is 1. The molecule has 3 amide bonds. The van der Waals surface area contributed by atoms with Crippen molar-refractivity contribution in [2.75, 3.05) is 13.1 Å². The molecule has 3 aliphatic rings. The van der Waals surface area contributed by atoms with E-state index < -0.39 is 18.1 Å². The maximum atomic E-state index is 12.2. The summed E-state index contributed by atoms with van der Waals surface area (Å²) in [5.41, 5.74) is 4.78. The second-order valence-corrected chi connectivity index (χ2v) is 11.7. The number of ether oxygens (including phenoxy) is 1. The van der Waals surface area contributed by atoms with E-state index in [1.165, 1.54) is 15.3 Å². The summed E-state index contributed by atoms with van der Waals surface area (Å²) in [4.78, 5) is 45.7. The topological polar surface area (TPSA) is 165 Å². The second kappa shape index (κ2) is 12.1. The number of halogens is 3. The third-order valence-electron chi connectivity index (χ3n) is 8.11.